The molecule has 21 heavy (non-hydrogen) atoms. The van der Waals surface area contributed by atoms with E-state index >= 15 is 0 Å². The number of hydrogen-bond acceptors (Lipinski definition) is 2. The van der Waals surface area contributed by atoms with Gasteiger partial charge in [0.25, 0.3) is 0 Å². The second-order valence-corrected chi connectivity index (χ2v) is 4.65. The largest absolute Gasteiger partial charge is 0.434 e. The van der Waals surface area contributed by atoms with Crippen LogP contribution in [0.25, 0.3) is 0 Å². The first-order chi connectivity index (χ1) is 10.1. The molecule has 2 rings (SSSR count). The van der Waals surface area contributed by atoms with Crippen molar-refractivity contribution in [2.24, 2.45) is 0 Å². The summed E-state index contributed by atoms with van der Waals surface area (Å²) < 4.78 is 29.2. The SMILES string of the molecule is CCCc1cccc(C(=O)c2ccccc2OC(F)F)c1. The third kappa shape index (κ3) is 3.88. The van der Waals surface area contributed by atoms with E-state index in [9.17, 15) is 13.6 Å². The van der Waals surface area contributed by atoms with Crippen LogP contribution in [-0.2, 0) is 6.42 Å². The van der Waals surface area contributed by atoms with Gasteiger partial charge in [-0.1, -0.05) is 43.7 Å². The van der Waals surface area contributed by atoms with Gasteiger partial charge in [-0.3, -0.25) is 4.79 Å². The molecule has 0 radical (unpaired) electrons. The van der Waals surface area contributed by atoms with E-state index in [1.54, 1.807) is 30.3 Å². The first-order valence-corrected chi connectivity index (χ1v) is 6.79. The molecule has 0 amide bonds. The molecule has 110 valence electrons. The first-order valence-electron chi connectivity index (χ1n) is 6.79. The summed E-state index contributed by atoms with van der Waals surface area (Å²) in [5.41, 5.74) is 1.67. The minimum absolute atomic E-state index is 0.0987. The lowest BCUT2D eigenvalue weighted by atomic mass is 9.99. The topological polar surface area (TPSA) is 26.3 Å². The summed E-state index contributed by atoms with van der Waals surface area (Å²) in [6.45, 7) is -0.898. The standard InChI is InChI=1S/C17H16F2O2/c1-2-6-12-7-5-8-13(11-12)16(20)14-9-3-4-10-15(14)21-17(18)19/h3-5,7-11,17H,2,6H2,1H3. The van der Waals surface area contributed by atoms with Crippen LogP contribution >= 0.6 is 0 Å². The maximum atomic E-state index is 12.5. The normalized spacial score (nSPS) is 10.7. The molecule has 0 spiro atoms. The highest BCUT2D eigenvalue weighted by molar-refractivity contribution is 6.10. The number of halogens is 2. The van der Waals surface area contributed by atoms with E-state index < -0.39 is 6.61 Å². The monoisotopic (exact) mass is 290 g/mol. The molecule has 0 saturated heterocycles. The summed E-state index contributed by atoms with van der Waals surface area (Å²) in [5.74, 6) is -0.414. The van der Waals surface area contributed by atoms with Crippen molar-refractivity contribution in [2.75, 3.05) is 0 Å². The van der Waals surface area contributed by atoms with E-state index in [1.807, 2.05) is 6.07 Å². The number of ether oxygens (including phenoxy) is 1. The highest BCUT2D eigenvalue weighted by Crippen LogP contribution is 2.23. The van der Waals surface area contributed by atoms with Crippen LogP contribution in [0.15, 0.2) is 48.5 Å². The third-order valence-electron chi connectivity index (χ3n) is 3.08. The fourth-order valence-electron chi connectivity index (χ4n) is 2.17. The van der Waals surface area contributed by atoms with Gasteiger partial charge in [0.1, 0.15) is 5.75 Å². The number of para-hydroxylation sites is 1. The summed E-state index contributed by atoms with van der Waals surface area (Å²) in [7, 11) is 0. The van der Waals surface area contributed by atoms with Gasteiger partial charge in [0.15, 0.2) is 5.78 Å². The molecule has 0 N–H and O–H groups in total. The molecular weight excluding hydrogens is 274 g/mol. The molecule has 4 heteroatoms. The van der Waals surface area contributed by atoms with Gasteiger partial charge in [-0.15, -0.1) is 0 Å². The number of aryl methyl sites for hydroxylation is 1. The Morgan fingerprint density at radius 2 is 1.90 bits per heavy atom. The van der Waals surface area contributed by atoms with Crippen LogP contribution in [0.3, 0.4) is 0 Å². The van der Waals surface area contributed by atoms with Crippen LogP contribution in [0, 0.1) is 0 Å². The van der Waals surface area contributed by atoms with Crippen molar-refractivity contribution in [2.45, 2.75) is 26.4 Å². The van der Waals surface area contributed by atoms with Gasteiger partial charge >= 0.3 is 6.61 Å². The Hall–Kier alpha value is -2.23. The highest BCUT2D eigenvalue weighted by atomic mass is 19.3. The Balaban J connectivity index is 2.33. The fraction of sp³-hybridized carbons (Fsp3) is 0.235. The molecule has 0 heterocycles. The lowest BCUT2D eigenvalue weighted by molar-refractivity contribution is -0.0501. The molecule has 0 unspecified atom stereocenters. The zero-order chi connectivity index (χ0) is 15.2. The van der Waals surface area contributed by atoms with E-state index in [2.05, 4.69) is 11.7 Å². The minimum atomic E-state index is -2.95. The number of hydrogen-bond donors (Lipinski definition) is 0. The lowest BCUT2D eigenvalue weighted by Gasteiger charge is -2.10. The molecule has 2 nitrogen and oxygen atoms in total. The van der Waals surface area contributed by atoms with Gasteiger partial charge < -0.3 is 4.74 Å². The fourth-order valence-corrected chi connectivity index (χ4v) is 2.17. The van der Waals surface area contributed by atoms with Crippen LogP contribution in [-0.4, -0.2) is 12.4 Å². The maximum Gasteiger partial charge on any atom is 0.387 e. The second kappa shape index (κ2) is 6.97. The Morgan fingerprint density at radius 3 is 2.62 bits per heavy atom. The third-order valence-corrected chi connectivity index (χ3v) is 3.08. The zero-order valence-electron chi connectivity index (χ0n) is 11.7. The molecule has 0 saturated carbocycles. The van der Waals surface area contributed by atoms with Crippen molar-refractivity contribution in [1.29, 1.82) is 0 Å². The number of carbonyl (C=O) groups is 1. The first kappa shape index (κ1) is 15.2. The second-order valence-electron chi connectivity index (χ2n) is 4.65. The number of alkyl halides is 2. The zero-order valence-corrected chi connectivity index (χ0v) is 11.7. The van der Waals surface area contributed by atoms with Gasteiger partial charge in [0.2, 0.25) is 0 Å². The van der Waals surface area contributed by atoms with Crippen molar-refractivity contribution in [3.8, 4) is 5.75 Å². The number of carbonyl (C=O) groups excluding carboxylic acids is 1. The molecule has 0 aliphatic rings. The molecular formula is C17H16F2O2. The lowest BCUT2D eigenvalue weighted by Crippen LogP contribution is -2.09. The molecule has 0 aromatic heterocycles. The summed E-state index contributed by atoms with van der Waals surface area (Å²) in [5, 5.41) is 0. The van der Waals surface area contributed by atoms with Crippen LogP contribution in [0.1, 0.15) is 34.8 Å². The average Bonchev–Trinajstić information content (AvgIpc) is 2.47. The van der Waals surface area contributed by atoms with E-state index in [0.29, 0.717) is 5.56 Å². The van der Waals surface area contributed by atoms with Crippen LogP contribution in [0.5, 0.6) is 5.75 Å². The quantitative estimate of drug-likeness (QED) is 0.734. The van der Waals surface area contributed by atoms with E-state index in [-0.39, 0.29) is 17.1 Å². The van der Waals surface area contributed by atoms with Crippen molar-refractivity contribution >= 4 is 5.78 Å². The molecule has 0 fully saturated rings. The summed E-state index contributed by atoms with van der Waals surface area (Å²) in [4.78, 5) is 12.5. The smallest absolute Gasteiger partial charge is 0.387 e. The van der Waals surface area contributed by atoms with Crippen LogP contribution < -0.4 is 4.74 Å². The summed E-state index contributed by atoms with van der Waals surface area (Å²) in [6, 6.07) is 13.3. The van der Waals surface area contributed by atoms with Gasteiger partial charge in [-0.25, -0.2) is 0 Å². The van der Waals surface area contributed by atoms with Gasteiger partial charge in [-0.2, -0.15) is 8.78 Å². The summed E-state index contributed by atoms with van der Waals surface area (Å²) >= 11 is 0. The minimum Gasteiger partial charge on any atom is -0.434 e. The van der Waals surface area contributed by atoms with Crippen molar-refractivity contribution < 1.29 is 18.3 Å². The molecule has 0 bridgehead atoms. The Labute approximate surface area is 122 Å². The van der Waals surface area contributed by atoms with E-state index in [1.165, 1.54) is 12.1 Å². The number of rotatable bonds is 6. The van der Waals surface area contributed by atoms with Gasteiger partial charge in [0, 0.05) is 5.56 Å². The highest BCUT2D eigenvalue weighted by Gasteiger charge is 2.17. The molecule has 2 aromatic rings. The average molecular weight is 290 g/mol. The predicted molar refractivity (Wildman–Crippen MR) is 76.9 cm³/mol. The Morgan fingerprint density at radius 1 is 1.14 bits per heavy atom. The van der Waals surface area contributed by atoms with Crippen molar-refractivity contribution in [3.63, 3.8) is 0 Å². The summed E-state index contributed by atoms with van der Waals surface area (Å²) in [6.07, 6.45) is 1.85. The molecule has 2 aromatic carbocycles. The molecule has 0 aliphatic carbocycles. The molecule has 0 aliphatic heterocycles. The van der Waals surface area contributed by atoms with Crippen molar-refractivity contribution in [1.82, 2.24) is 0 Å². The van der Waals surface area contributed by atoms with Crippen LogP contribution in [0.2, 0.25) is 0 Å². The van der Waals surface area contributed by atoms with E-state index in [4.69, 9.17) is 0 Å². The van der Waals surface area contributed by atoms with E-state index in [0.717, 1.165) is 18.4 Å². The predicted octanol–water partition coefficient (Wildman–Crippen LogP) is 4.47. The maximum absolute atomic E-state index is 12.5. The van der Waals surface area contributed by atoms with Gasteiger partial charge in [0.05, 0.1) is 5.56 Å². The Bertz CT molecular complexity index is 624. The number of benzene rings is 2. The van der Waals surface area contributed by atoms with Crippen molar-refractivity contribution in [3.05, 3.63) is 65.2 Å². The number of ketones is 1. The molecule has 0 atom stereocenters. The van der Waals surface area contributed by atoms with Gasteiger partial charge in [-0.05, 0) is 30.2 Å². The Kier molecular flexibility index (Phi) is 5.04. The van der Waals surface area contributed by atoms with Crippen LogP contribution in [0.4, 0.5) is 8.78 Å².